The van der Waals surface area contributed by atoms with Crippen molar-refractivity contribution in [3.63, 3.8) is 0 Å². The van der Waals surface area contributed by atoms with Gasteiger partial charge in [0, 0.05) is 18.2 Å². The SMILES string of the molecule is CCCCc1ccc(CC2Oc3cc(N)ccc3NC2=O)cc1. The number of amides is 1. The molecule has 3 N–H and O–H groups in total. The molecule has 2 aromatic carbocycles. The van der Waals surface area contributed by atoms with Crippen LogP contribution in [-0.4, -0.2) is 12.0 Å². The largest absolute Gasteiger partial charge is 0.478 e. The number of fused-ring (bicyclic) bond motifs is 1. The summed E-state index contributed by atoms with van der Waals surface area (Å²) in [5, 5.41) is 2.88. The molecule has 1 heterocycles. The van der Waals surface area contributed by atoms with Crippen LogP contribution in [0.5, 0.6) is 5.75 Å². The predicted molar refractivity (Wildman–Crippen MR) is 92.7 cm³/mol. The van der Waals surface area contributed by atoms with E-state index in [1.165, 1.54) is 18.4 Å². The molecule has 1 amide bonds. The fraction of sp³-hybridized carbons (Fsp3) is 0.316. The van der Waals surface area contributed by atoms with Gasteiger partial charge in [0.25, 0.3) is 5.91 Å². The predicted octanol–water partition coefficient (Wildman–Crippen LogP) is 3.55. The van der Waals surface area contributed by atoms with Gasteiger partial charge < -0.3 is 15.8 Å². The van der Waals surface area contributed by atoms with Crippen molar-refractivity contribution < 1.29 is 9.53 Å². The molecule has 1 unspecified atom stereocenters. The summed E-state index contributed by atoms with van der Waals surface area (Å²) in [6.07, 6.45) is 3.52. The highest BCUT2D eigenvalue weighted by Gasteiger charge is 2.27. The van der Waals surface area contributed by atoms with Gasteiger partial charge in [0.15, 0.2) is 6.10 Å². The van der Waals surface area contributed by atoms with E-state index >= 15 is 0 Å². The summed E-state index contributed by atoms with van der Waals surface area (Å²) in [6.45, 7) is 2.19. The van der Waals surface area contributed by atoms with E-state index in [1.807, 2.05) is 0 Å². The third-order valence-electron chi connectivity index (χ3n) is 4.09. The number of rotatable bonds is 5. The first-order valence-electron chi connectivity index (χ1n) is 8.10. The van der Waals surface area contributed by atoms with Crippen LogP contribution >= 0.6 is 0 Å². The van der Waals surface area contributed by atoms with Gasteiger partial charge in [-0.1, -0.05) is 37.6 Å². The first kappa shape index (κ1) is 15.4. The number of aryl methyl sites for hydroxylation is 1. The molecule has 1 aliphatic heterocycles. The Kier molecular flexibility index (Phi) is 4.51. The standard InChI is InChI=1S/C19H22N2O2/c1-2-3-4-13-5-7-14(8-6-13)11-18-19(22)21-16-10-9-15(20)12-17(16)23-18/h5-10,12,18H,2-4,11,20H2,1H3,(H,21,22). The summed E-state index contributed by atoms with van der Waals surface area (Å²) in [4.78, 5) is 12.2. The summed E-state index contributed by atoms with van der Waals surface area (Å²) in [5.74, 6) is 0.520. The Hall–Kier alpha value is -2.49. The van der Waals surface area contributed by atoms with E-state index in [9.17, 15) is 4.79 Å². The molecule has 1 aliphatic rings. The third-order valence-corrected chi connectivity index (χ3v) is 4.09. The van der Waals surface area contributed by atoms with Gasteiger partial charge in [-0.3, -0.25) is 4.79 Å². The third kappa shape index (κ3) is 3.65. The zero-order chi connectivity index (χ0) is 16.2. The maximum absolute atomic E-state index is 12.2. The Labute approximate surface area is 136 Å². The highest BCUT2D eigenvalue weighted by molar-refractivity contribution is 5.98. The molecule has 1 atom stereocenters. The number of unbranched alkanes of at least 4 members (excludes halogenated alkanes) is 1. The minimum Gasteiger partial charge on any atom is -0.478 e. The summed E-state index contributed by atoms with van der Waals surface area (Å²) in [7, 11) is 0. The van der Waals surface area contributed by atoms with Crippen molar-refractivity contribution in [2.24, 2.45) is 0 Å². The monoisotopic (exact) mass is 310 g/mol. The lowest BCUT2D eigenvalue weighted by molar-refractivity contribution is -0.123. The van der Waals surface area contributed by atoms with Gasteiger partial charge >= 0.3 is 0 Å². The number of hydrogen-bond acceptors (Lipinski definition) is 3. The van der Waals surface area contributed by atoms with Crippen molar-refractivity contribution in [3.8, 4) is 5.75 Å². The van der Waals surface area contributed by atoms with Crippen molar-refractivity contribution in [2.75, 3.05) is 11.1 Å². The first-order valence-corrected chi connectivity index (χ1v) is 8.10. The lowest BCUT2D eigenvalue weighted by Gasteiger charge is -2.26. The van der Waals surface area contributed by atoms with Crippen LogP contribution in [0.1, 0.15) is 30.9 Å². The molecule has 120 valence electrons. The van der Waals surface area contributed by atoms with Gasteiger partial charge in [0.2, 0.25) is 0 Å². The molecule has 23 heavy (non-hydrogen) atoms. The smallest absolute Gasteiger partial charge is 0.265 e. The molecule has 0 fully saturated rings. The number of nitrogen functional groups attached to an aromatic ring is 1. The van der Waals surface area contributed by atoms with Gasteiger partial charge in [0.1, 0.15) is 5.75 Å². The van der Waals surface area contributed by atoms with Crippen LogP contribution in [0.3, 0.4) is 0 Å². The lowest BCUT2D eigenvalue weighted by Crippen LogP contribution is -2.38. The molecule has 4 nitrogen and oxygen atoms in total. The van der Waals surface area contributed by atoms with E-state index in [-0.39, 0.29) is 5.91 Å². The number of anilines is 2. The molecule has 0 bridgehead atoms. The fourth-order valence-corrected chi connectivity index (χ4v) is 2.73. The zero-order valence-corrected chi connectivity index (χ0v) is 13.3. The maximum atomic E-state index is 12.2. The molecular weight excluding hydrogens is 288 g/mol. The number of nitrogens with one attached hydrogen (secondary N) is 1. The summed E-state index contributed by atoms with van der Waals surface area (Å²) >= 11 is 0. The van der Waals surface area contributed by atoms with E-state index < -0.39 is 6.10 Å². The highest BCUT2D eigenvalue weighted by atomic mass is 16.5. The summed E-state index contributed by atoms with van der Waals surface area (Å²) < 4.78 is 5.83. The minimum atomic E-state index is -0.522. The molecule has 0 saturated heterocycles. The average molecular weight is 310 g/mol. The molecule has 4 heteroatoms. The van der Waals surface area contributed by atoms with E-state index in [4.69, 9.17) is 10.5 Å². The average Bonchev–Trinajstić information content (AvgIpc) is 2.55. The van der Waals surface area contributed by atoms with E-state index in [1.54, 1.807) is 18.2 Å². The van der Waals surface area contributed by atoms with Crippen LogP contribution in [0.2, 0.25) is 0 Å². The van der Waals surface area contributed by atoms with Crippen LogP contribution in [0.4, 0.5) is 11.4 Å². The van der Waals surface area contributed by atoms with Crippen LogP contribution in [0.25, 0.3) is 0 Å². The Bertz CT molecular complexity index is 695. The lowest BCUT2D eigenvalue weighted by atomic mass is 10.0. The van der Waals surface area contributed by atoms with Gasteiger partial charge in [-0.15, -0.1) is 0 Å². The number of carbonyl (C=O) groups excluding carboxylic acids is 1. The van der Waals surface area contributed by atoms with Crippen molar-refractivity contribution in [3.05, 3.63) is 53.6 Å². The molecule has 3 rings (SSSR count). The van der Waals surface area contributed by atoms with Gasteiger partial charge in [-0.2, -0.15) is 0 Å². The van der Waals surface area contributed by atoms with Crippen molar-refractivity contribution >= 4 is 17.3 Å². The highest BCUT2D eigenvalue weighted by Crippen LogP contribution is 2.32. The Morgan fingerprint density at radius 2 is 1.87 bits per heavy atom. The van der Waals surface area contributed by atoms with Crippen molar-refractivity contribution in [1.29, 1.82) is 0 Å². The van der Waals surface area contributed by atoms with Crippen molar-refractivity contribution in [1.82, 2.24) is 0 Å². The number of nitrogens with two attached hydrogens (primary N) is 1. The number of ether oxygens (including phenoxy) is 1. The molecule has 0 saturated carbocycles. The summed E-state index contributed by atoms with van der Waals surface area (Å²) in [6, 6.07) is 13.7. The van der Waals surface area contributed by atoms with Crippen LogP contribution in [-0.2, 0) is 17.6 Å². The van der Waals surface area contributed by atoms with E-state index in [2.05, 4.69) is 36.5 Å². The first-order chi connectivity index (χ1) is 11.2. The molecular formula is C19H22N2O2. The second kappa shape index (κ2) is 6.73. The fourth-order valence-electron chi connectivity index (χ4n) is 2.73. The van der Waals surface area contributed by atoms with E-state index in [0.29, 0.717) is 23.5 Å². The quantitative estimate of drug-likeness (QED) is 0.830. The number of benzene rings is 2. The molecule has 0 aliphatic carbocycles. The Morgan fingerprint density at radius 3 is 2.61 bits per heavy atom. The summed E-state index contributed by atoms with van der Waals surface area (Å²) in [5.41, 5.74) is 9.51. The Morgan fingerprint density at radius 1 is 1.13 bits per heavy atom. The maximum Gasteiger partial charge on any atom is 0.265 e. The van der Waals surface area contributed by atoms with Crippen LogP contribution in [0.15, 0.2) is 42.5 Å². The number of carbonyl (C=O) groups is 1. The molecule has 0 aromatic heterocycles. The van der Waals surface area contributed by atoms with Crippen LogP contribution < -0.4 is 15.8 Å². The topological polar surface area (TPSA) is 64.3 Å². The minimum absolute atomic E-state index is 0.114. The second-order valence-corrected chi connectivity index (χ2v) is 5.98. The van der Waals surface area contributed by atoms with Gasteiger partial charge in [-0.25, -0.2) is 0 Å². The van der Waals surface area contributed by atoms with Crippen molar-refractivity contribution in [2.45, 2.75) is 38.7 Å². The Balaban J connectivity index is 1.69. The number of hydrogen-bond donors (Lipinski definition) is 2. The van der Waals surface area contributed by atoms with Gasteiger partial charge in [-0.05, 0) is 36.1 Å². The zero-order valence-electron chi connectivity index (χ0n) is 13.3. The molecule has 2 aromatic rings. The van der Waals surface area contributed by atoms with Gasteiger partial charge in [0.05, 0.1) is 5.69 Å². The normalized spacial score (nSPS) is 16.4. The van der Waals surface area contributed by atoms with Crippen LogP contribution in [0, 0.1) is 0 Å². The molecule has 0 spiro atoms. The molecule has 0 radical (unpaired) electrons. The van der Waals surface area contributed by atoms with E-state index in [0.717, 1.165) is 12.0 Å². The second-order valence-electron chi connectivity index (χ2n) is 5.98.